The number of nitrogens with one attached hydrogen (secondary N) is 2. The number of carbonyl (C=O) groups excluding carboxylic acids is 2. The highest BCUT2D eigenvalue weighted by Crippen LogP contribution is 2.58. The van der Waals surface area contributed by atoms with E-state index >= 15 is 0 Å². The number of hydrogen-bond acceptors (Lipinski definition) is 4. The van der Waals surface area contributed by atoms with Crippen molar-refractivity contribution in [1.29, 1.82) is 0 Å². The van der Waals surface area contributed by atoms with Crippen LogP contribution >= 0.6 is 39.1 Å². The van der Waals surface area contributed by atoms with Gasteiger partial charge in [-0.15, -0.1) is 0 Å². The Morgan fingerprint density at radius 3 is 2.58 bits per heavy atom. The molecule has 3 aromatic carbocycles. The lowest BCUT2D eigenvalue weighted by Crippen LogP contribution is -2.57. The van der Waals surface area contributed by atoms with Gasteiger partial charge in [-0.3, -0.25) is 9.59 Å². The van der Waals surface area contributed by atoms with Gasteiger partial charge in [0, 0.05) is 43.5 Å². The second-order valence-corrected chi connectivity index (χ2v) is 12.4. The fourth-order valence-corrected chi connectivity index (χ4v) is 6.21. The Morgan fingerprint density at radius 1 is 1.08 bits per heavy atom. The molecule has 0 aliphatic carbocycles. The second kappa shape index (κ2) is 10.2. The lowest BCUT2D eigenvalue weighted by Gasteiger charge is -2.46. The summed E-state index contributed by atoms with van der Waals surface area (Å²) >= 11 is 16.3. The quantitative estimate of drug-likeness (QED) is 0.299. The third kappa shape index (κ3) is 4.70. The Balaban J connectivity index is 1.75. The van der Waals surface area contributed by atoms with Crippen molar-refractivity contribution >= 4 is 56.6 Å². The normalized spacial score (nSPS) is 22.7. The van der Waals surface area contributed by atoms with Crippen molar-refractivity contribution in [2.24, 2.45) is 5.41 Å². The van der Waals surface area contributed by atoms with Gasteiger partial charge in [-0.2, -0.15) is 0 Å². The molecule has 2 heterocycles. The van der Waals surface area contributed by atoms with E-state index < -0.39 is 22.8 Å². The molecular weight excluding hydrogens is 591 g/mol. The molecule has 3 atom stereocenters. The highest BCUT2D eigenvalue weighted by Gasteiger charge is 2.61. The standard InChI is InChI=1S/C29H27BrCl2N2O4/c1-28(2,14-35)15-38-24-9-6-17(30)11-20(24)26-29(21-8-7-19(32)12-23(21)33-27(29)37)22(13-25(36)34-26)16-4-3-5-18(31)10-16/h3-12,22,26,35H,13-15H2,1-2H3,(H,33,37)(H,34,36)/t22-,26+,29-/m0/s1. The number of piperidine rings is 1. The largest absolute Gasteiger partial charge is 0.493 e. The van der Waals surface area contributed by atoms with Crippen molar-refractivity contribution < 1.29 is 19.4 Å². The van der Waals surface area contributed by atoms with Crippen LogP contribution in [0.5, 0.6) is 5.75 Å². The maximum absolute atomic E-state index is 14.2. The number of rotatable bonds is 6. The lowest BCUT2D eigenvalue weighted by atomic mass is 9.59. The van der Waals surface area contributed by atoms with Crippen LogP contribution in [0, 0.1) is 5.41 Å². The first-order valence-electron chi connectivity index (χ1n) is 12.2. The van der Waals surface area contributed by atoms with E-state index in [2.05, 4.69) is 26.6 Å². The number of fused-ring (bicyclic) bond motifs is 2. The van der Waals surface area contributed by atoms with Crippen LogP contribution in [-0.4, -0.2) is 30.1 Å². The van der Waals surface area contributed by atoms with Crippen molar-refractivity contribution in [1.82, 2.24) is 5.32 Å². The van der Waals surface area contributed by atoms with Gasteiger partial charge in [0.05, 0.1) is 19.3 Å². The van der Waals surface area contributed by atoms with Crippen molar-refractivity contribution in [3.8, 4) is 5.75 Å². The monoisotopic (exact) mass is 616 g/mol. The van der Waals surface area contributed by atoms with E-state index in [1.54, 1.807) is 18.2 Å². The summed E-state index contributed by atoms with van der Waals surface area (Å²) in [6.45, 7) is 3.97. The molecule has 0 aromatic heterocycles. The Hall–Kier alpha value is -2.58. The zero-order valence-electron chi connectivity index (χ0n) is 20.9. The lowest BCUT2D eigenvalue weighted by molar-refractivity contribution is -0.131. The number of ether oxygens (including phenoxy) is 1. The van der Waals surface area contributed by atoms with E-state index in [9.17, 15) is 14.7 Å². The first-order valence-corrected chi connectivity index (χ1v) is 13.8. The van der Waals surface area contributed by atoms with Gasteiger partial charge in [0.2, 0.25) is 11.8 Å². The molecule has 0 radical (unpaired) electrons. The van der Waals surface area contributed by atoms with Gasteiger partial charge in [0.1, 0.15) is 11.2 Å². The summed E-state index contributed by atoms with van der Waals surface area (Å²) < 4.78 is 7.00. The Labute approximate surface area is 239 Å². The van der Waals surface area contributed by atoms with Crippen molar-refractivity contribution in [3.63, 3.8) is 0 Å². The highest BCUT2D eigenvalue weighted by atomic mass is 79.9. The summed E-state index contributed by atoms with van der Waals surface area (Å²) in [5.74, 6) is -0.446. The number of carbonyl (C=O) groups is 2. The zero-order valence-corrected chi connectivity index (χ0v) is 24.0. The molecule has 6 nitrogen and oxygen atoms in total. The maximum atomic E-state index is 14.2. The molecule has 198 valence electrons. The van der Waals surface area contributed by atoms with E-state index in [-0.39, 0.29) is 31.4 Å². The van der Waals surface area contributed by atoms with E-state index in [4.69, 9.17) is 27.9 Å². The molecule has 0 unspecified atom stereocenters. The average molecular weight is 618 g/mol. The van der Waals surface area contributed by atoms with Crippen LogP contribution in [0.25, 0.3) is 0 Å². The summed E-state index contributed by atoms with van der Waals surface area (Å²) in [5.41, 5.74) is 1.07. The number of amides is 2. The molecule has 1 spiro atoms. The van der Waals surface area contributed by atoms with Crippen LogP contribution in [-0.2, 0) is 15.0 Å². The topological polar surface area (TPSA) is 87.7 Å². The van der Waals surface area contributed by atoms with Crippen LogP contribution in [0.15, 0.2) is 65.1 Å². The summed E-state index contributed by atoms with van der Waals surface area (Å²) in [7, 11) is 0. The molecule has 2 aliphatic heterocycles. The summed E-state index contributed by atoms with van der Waals surface area (Å²) in [5, 5.41) is 16.9. The third-order valence-corrected chi connectivity index (χ3v) is 8.29. The zero-order chi connectivity index (χ0) is 27.2. The molecule has 3 aromatic rings. The van der Waals surface area contributed by atoms with Crippen LogP contribution in [0.3, 0.4) is 0 Å². The summed E-state index contributed by atoms with van der Waals surface area (Å²) in [4.78, 5) is 27.5. The highest BCUT2D eigenvalue weighted by molar-refractivity contribution is 9.10. The minimum absolute atomic E-state index is 0.0592. The fourth-order valence-electron chi connectivity index (χ4n) is 5.46. The predicted molar refractivity (Wildman–Crippen MR) is 152 cm³/mol. The van der Waals surface area contributed by atoms with Gasteiger partial charge < -0.3 is 20.5 Å². The maximum Gasteiger partial charge on any atom is 0.238 e. The van der Waals surface area contributed by atoms with E-state index in [1.807, 2.05) is 56.3 Å². The molecule has 2 aliphatic rings. The first kappa shape index (κ1) is 27.0. The molecule has 5 rings (SSSR count). The third-order valence-electron chi connectivity index (χ3n) is 7.33. The Morgan fingerprint density at radius 2 is 1.84 bits per heavy atom. The van der Waals surface area contributed by atoms with Crippen LogP contribution in [0.4, 0.5) is 5.69 Å². The summed E-state index contributed by atoms with van der Waals surface area (Å²) in [6.07, 6.45) is 0.0913. The van der Waals surface area contributed by atoms with E-state index in [0.717, 1.165) is 15.6 Å². The molecule has 1 saturated heterocycles. The number of hydrogen-bond donors (Lipinski definition) is 3. The van der Waals surface area contributed by atoms with Gasteiger partial charge >= 0.3 is 0 Å². The number of aliphatic hydroxyl groups excluding tert-OH is 1. The number of anilines is 1. The van der Waals surface area contributed by atoms with Gasteiger partial charge in [0.15, 0.2) is 0 Å². The van der Waals surface area contributed by atoms with Crippen molar-refractivity contribution in [2.75, 3.05) is 18.5 Å². The molecule has 0 saturated carbocycles. The molecule has 9 heteroatoms. The van der Waals surface area contributed by atoms with Gasteiger partial charge in [0.25, 0.3) is 0 Å². The smallest absolute Gasteiger partial charge is 0.238 e. The van der Waals surface area contributed by atoms with Gasteiger partial charge in [-0.1, -0.05) is 71.2 Å². The fraction of sp³-hybridized carbons (Fsp3) is 0.310. The number of aliphatic hydroxyl groups is 1. The Bertz CT molecular complexity index is 1430. The molecule has 38 heavy (non-hydrogen) atoms. The SMILES string of the molecule is CC(C)(CO)COc1ccc(Br)cc1[C@H]1NC(=O)C[C@@H](c2cccc(Cl)c2)[C@]12C(=O)Nc1cc(Cl)ccc12. The van der Waals surface area contributed by atoms with Crippen LogP contribution < -0.4 is 15.4 Å². The molecule has 0 bridgehead atoms. The number of halogens is 3. The van der Waals surface area contributed by atoms with Crippen molar-refractivity contribution in [3.05, 3.63) is 91.9 Å². The summed E-state index contributed by atoms with van der Waals surface area (Å²) in [6, 6.07) is 17.4. The molecule has 3 N–H and O–H groups in total. The minimum atomic E-state index is -1.22. The van der Waals surface area contributed by atoms with Crippen molar-refractivity contribution in [2.45, 2.75) is 37.6 Å². The molecule has 1 fully saturated rings. The van der Waals surface area contributed by atoms with Crippen LogP contribution in [0.1, 0.15) is 48.9 Å². The molecular formula is C29H27BrCl2N2O4. The van der Waals surface area contributed by atoms with Gasteiger partial charge in [-0.25, -0.2) is 0 Å². The van der Waals surface area contributed by atoms with Gasteiger partial charge in [-0.05, 0) is 53.6 Å². The molecule has 2 amide bonds. The first-order chi connectivity index (χ1) is 18.0. The number of benzene rings is 3. The van der Waals surface area contributed by atoms with E-state index in [0.29, 0.717) is 27.0 Å². The predicted octanol–water partition coefficient (Wildman–Crippen LogP) is 6.39. The second-order valence-electron chi connectivity index (χ2n) is 10.6. The van der Waals surface area contributed by atoms with Crippen LogP contribution in [0.2, 0.25) is 10.0 Å². The Kier molecular flexibility index (Phi) is 7.24. The van der Waals surface area contributed by atoms with E-state index in [1.165, 1.54) is 0 Å². The average Bonchev–Trinajstić information content (AvgIpc) is 3.15. The minimum Gasteiger partial charge on any atom is -0.493 e.